The van der Waals surface area contributed by atoms with Crippen LogP contribution in [-0.2, 0) is 5.75 Å². The van der Waals surface area contributed by atoms with Crippen LogP contribution < -0.4 is 5.56 Å². The second-order valence-electron chi connectivity index (χ2n) is 6.12. The number of aryl methyl sites for hydroxylation is 1. The molecule has 0 fully saturated rings. The molecule has 0 atom stereocenters. The van der Waals surface area contributed by atoms with Crippen LogP contribution in [0.4, 0.5) is 0 Å². The van der Waals surface area contributed by atoms with Gasteiger partial charge in [0.1, 0.15) is 4.83 Å². The molecule has 27 heavy (non-hydrogen) atoms. The number of aromatic amines is 1. The molecule has 0 unspecified atom stereocenters. The van der Waals surface area contributed by atoms with Crippen LogP contribution in [0, 0.1) is 18.3 Å². The lowest BCUT2D eigenvalue weighted by molar-refractivity contribution is 0.979. The summed E-state index contributed by atoms with van der Waals surface area (Å²) in [6, 6.07) is 17.8. The van der Waals surface area contributed by atoms with Gasteiger partial charge in [0.25, 0.3) is 5.56 Å². The molecule has 0 bridgehead atoms. The number of nitrogens with one attached hydrogen (secondary N) is 1. The van der Waals surface area contributed by atoms with Gasteiger partial charge in [-0.05, 0) is 24.1 Å². The highest BCUT2D eigenvalue weighted by Crippen LogP contribution is 2.32. The Morgan fingerprint density at radius 2 is 1.96 bits per heavy atom. The molecule has 0 aliphatic heterocycles. The van der Waals surface area contributed by atoms with Crippen molar-refractivity contribution in [1.82, 2.24) is 9.97 Å². The van der Waals surface area contributed by atoms with Crippen molar-refractivity contribution in [1.29, 1.82) is 5.26 Å². The van der Waals surface area contributed by atoms with Gasteiger partial charge >= 0.3 is 0 Å². The maximum Gasteiger partial charge on any atom is 0.260 e. The minimum absolute atomic E-state index is 0.132. The molecule has 4 nitrogen and oxygen atoms in total. The van der Waals surface area contributed by atoms with Gasteiger partial charge in [-0.1, -0.05) is 59.8 Å². The predicted octanol–water partition coefficient (Wildman–Crippen LogP) is 5.12. The number of nitriles is 1. The quantitative estimate of drug-likeness (QED) is 0.388. The first kappa shape index (κ1) is 17.5. The zero-order chi connectivity index (χ0) is 18.8. The maximum atomic E-state index is 12.7. The summed E-state index contributed by atoms with van der Waals surface area (Å²) in [6.45, 7) is 2.04. The maximum absolute atomic E-state index is 12.7. The molecule has 4 aromatic rings. The van der Waals surface area contributed by atoms with Crippen LogP contribution in [0.3, 0.4) is 0 Å². The normalized spacial score (nSPS) is 10.8. The molecule has 0 aliphatic rings. The summed E-state index contributed by atoms with van der Waals surface area (Å²) in [4.78, 5) is 20.9. The highest BCUT2D eigenvalue weighted by Gasteiger charge is 2.13. The molecular formula is C21H15N3OS2. The average molecular weight is 390 g/mol. The number of thioether (sulfide) groups is 1. The van der Waals surface area contributed by atoms with Crippen LogP contribution in [0.1, 0.15) is 16.7 Å². The molecule has 1 N–H and O–H groups in total. The fraction of sp³-hybridized carbons (Fsp3) is 0.0952. The standard InChI is InChI=1S/C21H15N3OS2/c1-13-6-8-14(9-7-13)17-12-26-20-18(17)19(25)23-21(24-20)27-11-16-5-3-2-4-15(16)10-22/h2-9,12H,11H2,1H3,(H,23,24,25). The van der Waals surface area contributed by atoms with E-state index in [-0.39, 0.29) is 5.56 Å². The van der Waals surface area contributed by atoms with E-state index in [1.54, 1.807) is 6.07 Å². The van der Waals surface area contributed by atoms with Crippen LogP contribution in [0.15, 0.2) is 63.9 Å². The van der Waals surface area contributed by atoms with Crippen LogP contribution >= 0.6 is 23.1 Å². The average Bonchev–Trinajstić information content (AvgIpc) is 3.12. The number of nitrogens with zero attached hydrogens (tertiary/aromatic N) is 2. The highest BCUT2D eigenvalue weighted by molar-refractivity contribution is 7.98. The lowest BCUT2D eigenvalue weighted by Gasteiger charge is -2.04. The lowest BCUT2D eigenvalue weighted by atomic mass is 10.1. The third kappa shape index (κ3) is 3.52. The summed E-state index contributed by atoms with van der Waals surface area (Å²) in [6.07, 6.45) is 0. The molecule has 0 spiro atoms. The van der Waals surface area contributed by atoms with Crippen molar-refractivity contribution in [3.8, 4) is 17.2 Å². The van der Waals surface area contributed by atoms with Gasteiger partial charge in [-0.15, -0.1) is 11.3 Å². The van der Waals surface area contributed by atoms with Crippen molar-refractivity contribution < 1.29 is 0 Å². The van der Waals surface area contributed by atoms with Crippen molar-refractivity contribution in [2.45, 2.75) is 17.8 Å². The molecule has 2 heterocycles. The summed E-state index contributed by atoms with van der Waals surface area (Å²) in [5.41, 5.74) is 4.55. The molecule has 2 aromatic carbocycles. The topological polar surface area (TPSA) is 69.5 Å². The molecule has 132 valence electrons. The van der Waals surface area contributed by atoms with Crippen molar-refractivity contribution in [3.05, 3.63) is 81.0 Å². The summed E-state index contributed by atoms with van der Waals surface area (Å²) >= 11 is 2.90. The summed E-state index contributed by atoms with van der Waals surface area (Å²) in [5, 5.41) is 12.4. The van der Waals surface area contributed by atoms with Crippen molar-refractivity contribution in [2.24, 2.45) is 0 Å². The lowest BCUT2D eigenvalue weighted by Crippen LogP contribution is -2.08. The van der Waals surface area contributed by atoms with E-state index in [0.29, 0.717) is 21.9 Å². The fourth-order valence-corrected chi connectivity index (χ4v) is 4.71. The molecule has 0 aliphatic carbocycles. The Labute approximate surface area is 164 Å². The Bertz CT molecular complexity index is 1220. The van der Waals surface area contributed by atoms with E-state index in [4.69, 9.17) is 0 Å². The van der Waals surface area contributed by atoms with E-state index in [9.17, 15) is 10.1 Å². The summed E-state index contributed by atoms with van der Waals surface area (Å²) < 4.78 is 0. The number of fused-ring (bicyclic) bond motifs is 1. The molecule has 0 saturated heterocycles. The molecule has 6 heteroatoms. The first-order chi connectivity index (χ1) is 13.2. The molecular weight excluding hydrogens is 374 g/mol. The summed E-state index contributed by atoms with van der Waals surface area (Å²) in [7, 11) is 0. The van der Waals surface area contributed by atoms with Crippen LogP contribution in [0.5, 0.6) is 0 Å². The van der Waals surface area contributed by atoms with E-state index in [1.807, 2.05) is 54.8 Å². The van der Waals surface area contributed by atoms with Gasteiger partial charge in [0, 0.05) is 16.7 Å². The number of benzene rings is 2. The van der Waals surface area contributed by atoms with E-state index >= 15 is 0 Å². The Balaban J connectivity index is 1.66. The molecule has 4 rings (SSSR count). The second-order valence-corrected chi connectivity index (χ2v) is 7.95. The smallest absolute Gasteiger partial charge is 0.260 e. The number of H-pyrrole nitrogens is 1. The number of aromatic nitrogens is 2. The molecule has 0 saturated carbocycles. The Hall–Kier alpha value is -2.88. The molecule has 2 aromatic heterocycles. The summed E-state index contributed by atoms with van der Waals surface area (Å²) in [5.74, 6) is 0.578. The van der Waals surface area contributed by atoms with E-state index in [0.717, 1.165) is 21.5 Å². The fourth-order valence-electron chi connectivity index (χ4n) is 2.84. The third-order valence-corrected chi connectivity index (χ3v) is 6.08. The van der Waals surface area contributed by atoms with Gasteiger partial charge in [-0.2, -0.15) is 5.26 Å². The van der Waals surface area contributed by atoms with Gasteiger partial charge in [-0.25, -0.2) is 4.98 Å². The Morgan fingerprint density at radius 3 is 2.74 bits per heavy atom. The van der Waals surface area contributed by atoms with Gasteiger partial charge in [0.05, 0.1) is 17.0 Å². The largest absolute Gasteiger partial charge is 0.301 e. The monoisotopic (exact) mass is 389 g/mol. The van der Waals surface area contributed by atoms with E-state index in [1.165, 1.54) is 28.7 Å². The highest BCUT2D eigenvalue weighted by atomic mass is 32.2. The number of hydrogen-bond donors (Lipinski definition) is 1. The zero-order valence-corrected chi connectivity index (χ0v) is 16.2. The predicted molar refractivity (Wildman–Crippen MR) is 111 cm³/mol. The SMILES string of the molecule is Cc1ccc(-c2csc3nc(SCc4ccccc4C#N)[nH]c(=O)c23)cc1. The third-order valence-electron chi connectivity index (χ3n) is 4.29. The first-order valence-electron chi connectivity index (χ1n) is 8.35. The first-order valence-corrected chi connectivity index (χ1v) is 10.2. The Morgan fingerprint density at radius 1 is 1.19 bits per heavy atom. The van der Waals surface area contributed by atoms with Crippen LogP contribution in [0.2, 0.25) is 0 Å². The van der Waals surface area contributed by atoms with E-state index < -0.39 is 0 Å². The Kier molecular flexibility index (Phi) is 4.80. The van der Waals surface area contributed by atoms with Crippen molar-refractivity contribution in [2.75, 3.05) is 0 Å². The number of rotatable bonds is 4. The van der Waals surface area contributed by atoms with Gasteiger partial charge in [0.2, 0.25) is 0 Å². The molecule has 0 amide bonds. The van der Waals surface area contributed by atoms with E-state index in [2.05, 4.69) is 16.0 Å². The van der Waals surface area contributed by atoms with Crippen LogP contribution in [-0.4, -0.2) is 9.97 Å². The second kappa shape index (κ2) is 7.39. The van der Waals surface area contributed by atoms with Gasteiger partial charge in [0.15, 0.2) is 5.16 Å². The molecule has 0 radical (unpaired) electrons. The van der Waals surface area contributed by atoms with Gasteiger partial charge < -0.3 is 4.98 Å². The number of hydrogen-bond acceptors (Lipinski definition) is 5. The van der Waals surface area contributed by atoms with Gasteiger partial charge in [-0.3, -0.25) is 4.79 Å². The minimum atomic E-state index is -0.132. The minimum Gasteiger partial charge on any atom is -0.301 e. The van der Waals surface area contributed by atoms with Crippen molar-refractivity contribution in [3.63, 3.8) is 0 Å². The number of thiophene rings is 1. The van der Waals surface area contributed by atoms with Crippen LogP contribution in [0.25, 0.3) is 21.3 Å². The zero-order valence-electron chi connectivity index (χ0n) is 14.5. The van der Waals surface area contributed by atoms with Crippen molar-refractivity contribution >= 4 is 33.3 Å².